The molecule has 6 nitrogen and oxygen atoms in total. The van der Waals surface area contributed by atoms with Crippen LogP contribution in [0.1, 0.15) is 0 Å². The summed E-state index contributed by atoms with van der Waals surface area (Å²) in [5.74, 6) is 0. The molecule has 86 valence electrons. The van der Waals surface area contributed by atoms with Crippen molar-refractivity contribution in [1.82, 2.24) is 0 Å². The lowest BCUT2D eigenvalue weighted by atomic mass is 9.93. The second-order valence-corrected chi connectivity index (χ2v) is 3.27. The fourth-order valence-electron chi connectivity index (χ4n) is 0.473. The molecule has 1 heterocycles. The summed E-state index contributed by atoms with van der Waals surface area (Å²) < 4.78 is 4.61. The molecule has 0 saturated carbocycles. The smallest absolute Gasteiger partial charge is 0.104 e. The Labute approximate surface area is 82.4 Å². The van der Waals surface area contributed by atoms with Gasteiger partial charge in [0.1, 0.15) is 6.10 Å². The summed E-state index contributed by atoms with van der Waals surface area (Å²) in [7, 11) is 0. The lowest BCUT2D eigenvalue weighted by Gasteiger charge is -2.23. The summed E-state index contributed by atoms with van der Waals surface area (Å²) in [6.45, 7) is -0.670. The van der Waals surface area contributed by atoms with Crippen molar-refractivity contribution in [2.45, 2.75) is 6.10 Å². The molecule has 1 aliphatic rings. The third-order valence-electron chi connectivity index (χ3n) is 1.95. The van der Waals surface area contributed by atoms with Crippen LogP contribution in [0.3, 0.4) is 0 Å². The number of ether oxygens (including phenoxy) is 1. The van der Waals surface area contributed by atoms with E-state index in [0.29, 0.717) is 0 Å². The zero-order valence-corrected chi connectivity index (χ0v) is 7.96. The van der Waals surface area contributed by atoms with Gasteiger partial charge in [0, 0.05) is 0 Å². The molecule has 1 rings (SSSR count). The fraction of sp³-hybridized carbons (Fsp3) is 1.00. The molecule has 1 unspecified atom stereocenters. The van der Waals surface area contributed by atoms with Crippen molar-refractivity contribution in [1.29, 1.82) is 0 Å². The topological polar surface area (TPSA) is 114 Å². The first-order valence-corrected chi connectivity index (χ1v) is 4.34. The molecule has 6 heteroatoms. The van der Waals surface area contributed by atoms with Crippen LogP contribution in [0.25, 0.3) is 0 Å². The predicted molar refractivity (Wildman–Crippen MR) is 47.6 cm³/mol. The van der Waals surface area contributed by atoms with Gasteiger partial charge in [-0.25, -0.2) is 0 Å². The molecule has 0 aliphatic carbocycles. The van der Waals surface area contributed by atoms with Gasteiger partial charge in [-0.15, -0.1) is 0 Å². The van der Waals surface area contributed by atoms with E-state index in [9.17, 15) is 0 Å². The van der Waals surface area contributed by atoms with E-state index in [0.717, 1.165) is 6.61 Å². The highest BCUT2D eigenvalue weighted by Crippen LogP contribution is 2.11. The minimum absolute atomic E-state index is 0.190. The largest absolute Gasteiger partial charge is 0.396 e. The molecule has 0 radical (unpaired) electrons. The van der Waals surface area contributed by atoms with Crippen LogP contribution in [0, 0.1) is 5.41 Å². The van der Waals surface area contributed by atoms with Crippen LogP contribution < -0.4 is 0 Å². The minimum Gasteiger partial charge on any atom is -0.396 e. The molecule has 1 fully saturated rings. The summed E-state index contributed by atoms with van der Waals surface area (Å²) in [4.78, 5) is 0. The molecule has 0 aromatic heterocycles. The van der Waals surface area contributed by atoms with E-state index in [2.05, 4.69) is 4.74 Å². The molecule has 5 N–H and O–H groups in total. The van der Waals surface area contributed by atoms with Gasteiger partial charge in [0.05, 0.1) is 45.1 Å². The van der Waals surface area contributed by atoms with Crippen molar-refractivity contribution >= 4 is 0 Å². The number of aliphatic hydroxyl groups excluding tert-OH is 5. The van der Waals surface area contributed by atoms with E-state index in [-0.39, 0.29) is 12.7 Å². The molecule has 14 heavy (non-hydrogen) atoms. The third-order valence-corrected chi connectivity index (χ3v) is 1.95. The van der Waals surface area contributed by atoms with Gasteiger partial charge in [-0.2, -0.15) is 0 Å². The lowest BCUT2D eigenvalue weighted by Crippen LogP contribution is -2.37. The Kier molecular flexibility index (Phi) is 6.98. The molecule has 0 bridgehead atoms. The average molecular weight is 210 g/mol. The van der Waals surface area contributed by atoms with Crippen molar-refractivity contribution in [3.05, 3.63) is 0 Å². The Balaban J connectivity index is 0.000000280. The average Bonchev–Trinajstić information content (AvgIpc) is 3.06. The van der Waals surface area contributed by atoms with Crippen LogP contribution in [0.2, 0.25) is 0 Å². The van der Waals surface area contributed by atoms with Gasteiger partial charge in [0.15, 0.2) is 0 Å². The first kappa shape index (κ1) is 13.8. The lowest BCUT2D eigenvalue weighted by molar-refractivity contribution is -0.0328. The Morgan fingerprint density at radius 1 is 0.929 bits per heavy atom. The van der Waals surface area contributed by atoms with Gasteiger partial charge in [-0.3, -0.25) is 0 Å². The predicted octanol–water partition coefficient (Wildman–Crippen LogP) is -2.68. The van der Waals surface area contributed by atoms with E-state index in [4.69, 9.17) is 25.5 Å². The Morgan fingerprint density at radius 3 is 1.29 bits per heavy atom. The van der Waals surface area contributed by atoms with Crippen molar-refractivity contribution < 1.29 is 30.3 Å². The monoisotopic (exact) mass is 210 g/mol. The molecule has 1 aliphatic heterocycles. The van der Waals surface area contributed by atoms with Crippen molar-refractivity contribution in [3.63, 3.8) is 0 Å². The van der Waals surface area contributed by atoms with Gasteiger partial charge in [0.25, 0.3) is 0 Å². The molecule has 0 aromatic carbocycles. The summed E-state index contributed by atoms with van der Waals surface area (Å²) in [6, 6.07) is 0. The number of rotatable bonds is 5. The molecule has 0 amide bonds. The van der Waals surface area contributed by atoms with Gasteiger partial charge in [-0.05, 0) is 0 Å². The summed E-state index contributed by atoms with van der Waals surface area (Å²) in [6.07, 6.45) is 0.190. The van der Waals surface area contributed by atoms with Crippen molar-refractivity contribution in [3.8, 4) is 0 Å². The molecule has 0 spiro atoms. The normalized spacial score (nSPS) is 19.9. The maximum atomic E-state index is 8.50. The van der Waals surface area contributed by atoms with Crippen LogP contribution in [0.4, 0.5) is 0 Å². The maximum Gasteiger partial charge on any atom is 0.104 e. The number of hydrogen-bond acceptors (Lipinski definition) is 6. The highest BCUT2D eigenvalue weighted by Gasteiger charge is 2.26. The maximum absolute atomic E-state index is 8.50. The second-order valence-electron chi connectivity index (χ2n) is 3.27. The number of hydrogen-bond donors (Lipinski definition) is 5. The Bertz CT molecular complexity index is 114. The highest BCUT2D eigenvalue weighted by molar-refractivity contribution is 4.74. The van der Waals surface area contributed by atoms with E-state index >= 15 is 0 Å². The summed E-state index contributed by atoms with van der Waals surface area (Å²) in [5, 5.41) is 42.1. The van der Waals surface area contributed by atoms with Crippen LogP contribution in [-0.4, -0.2) is 71.3 Å². The molecular weight excluding hydrogens is 192 g/mol. The fourth-order valence-corrected chi connectivity index (χ4v) is 0.473. The molecule has 0 aromatic rings. The summed E-state index contributed by atoms with van der Waals surface area (Å²) >= 11 is 0. The number of epoxide rings is 1. The zero-order valence-electron chi connectivity index (χ0n) is 7.96. The standard InChI is InChI=1S/C5H12O4.C3H6O2/c6-1-5(2-7,3-8)4-9;4-1-3-2-5-3/h6-9H,1-4H2;3-4H,1-2H2. The SMILES string of the molecule is OCC(CO)(CO)CO.OCC1CO1. The van der Waals surface area contributed by atoms with Crippen LogP contribution in [0.5, 0.6) is 0 Å². The van der Waals surface area contributed by atoms with Gasteiger partial charge >= 0.3 is 0 Å². The molecule has 1 atom stereocenters. The zero-order chi connectivity index (χ0) is 11.0. The van der Waals surface area contributed by atoms with E-state index in [1.807, 2.05) is 0 Å². The van der Waals surface area contributed by atoms with Gasteiger partial charge in [0.2, 0.25) is 0 Å². The van der Waals surface area contributed by atoms with Crippen LogP contribution in [-0.2, 0) is 4.74 Å². The first-order chi connectivity index (χ1) is 6.67. The quantitative estimate of drug-likeness (QED) is 0.316. The highest BCUT2D eigenvalue weighted by atomic mass is 16.6. The van der Waals surface area contributed by atoms with E-state index < -0.39 is 31.8 Å². The van der Waals surface area contributed by atoms with Crippen molar-refractivity contribution in [2.75, 3.05) is 39.6 Å². The molecule has 1 saturated heterocycles. The van der Waals surface area contributed by atoms with E-state index in [1.54, 1.807) is 0 Å². The van der Waals surface area contributed by atoms with Crippen LogP contribution in [0.15, 0.2) is 0 Å². The first-order valence-electron chi connectivity index (χ1n) is 4.34. The van der Waals surface area contributed by atoms with Gasteiger partial charge in [-0.1, -0.05) is 0 Å². The van der Waals surface area contributed by atoms with E-state index in [1.165, 1.54) is 0 Å². The Hall–Kier alpha value is -0.240. The summed E-state index contributed by atoms with van der Waals surface area (Å²) in [5.41, 5.74) is -1.11. The Morgan fingerprint density at radius 2 is 1.29 bits per heavy atom. The third kappa shape index (κ3) is 4.85. The second kappa shape index (κ2) is 7.10. The van der Waals surface area contributed by atoms with Crippen LogP contribution >= 0.6 is 0 Å². The molecular formula is C8H18O6. The van der Waals surface area contributed by atoms with Crippen molar-refractivity contribution in [2.24, 2.45) is 5.41 Å². The minimum atomic E-state index is -1.11. The number of aliphatic hydroxyl groups is 5. The van der Waals surface area contributed by atoms with Gasteiger partial charge < -0.3 is 30.3 Å².